The van der Waals surface area contributed by atoms with E-state index in [1.807, 2.05) is 30.3 Å². The van der Waals surface area contributed by atoms with Crippen LogP contribution in [0.15, 0.2) is 98.1 Å². The van der Waals surface area contributed by atoms with Crippen molar-refractivity contribution >= 4 is 40.7 Å². The van der Waals surface area contributed by atoms with E-state index in [1.165, 1.54) is 18.1 Å². The molecule has 59 heavy (non-hydrogen) atoms. The van der Waals surface area contributed by atoms with Crippen molar-refractivity contribution in [2.24, 2.45) is 5.92 Å². The maximum atomic E-state index is 14.7. The van der Waals surface area contributed by atoms with Crippen molar-refractivity contribution in [1.82, 2.24) is 20.5 Å². The van der Waals surface area contributed by atoms with Crippen molar-refractivity contribution in [3.8, 4) is 22.8 Å². The van der Waals surface area contributed by atoms with E-state index in [0.717, 1.165) is 24.1 Å². The van der Waals surface area contributed by atoms with E-state index >= 15 is 0 Å². The third-order valence-corrected chi connectivity index (χ3v) is 10.7. The third kappa shape index (κ3) is 9.73. The lowest BCUT2D eigenvalue weighted by molar-refractivity contribution is -0.140. The van der Waals surface area contributed by atoms with Crippen molar-refractivity contribution in [1.29, 1.82) is 0 Å². The fraction of sp³-hybridized carbons (Fsp3) is 0.341. The van der Waals surface area contributed by atoms with Crippen LogP contribution in [-0.2, 0) is 25.4 Å². The number of benzene rings is 3. The number of carbonyl (C=O) groups is 4. The van der Waals surface area contributed by atoms with E-state index in [0.29, 0.717) is 53.4 Å². The van der Waals surface area contributed by atoms with Crippen LogP contribution < -0.4 is 25.4 Å². The first-order valence-electron chi connectivity index (χ1n) is 19.3. The summed E-state index contributed by atoms with van der Waals surface area (Å²) in [4.78, 5) is 59.5. The minimum Gasteiger partial charge on any atom is -0.497 e. The Morgan fingerprint density at radius 3 is 2.49 bits per heavy atom. The standard InChI is InChI=1S/C44H45F4N5O6/c1-4-6-7-8-12-15-35(50-31-19-29(44(46,47)48)18-30(45)20-31)41(56)53-25-33(22-38(53)40(55)52-43(24-28(43)5-2)42(57)49-26-54)59-39-23-36(27-13-10-9-11-14-27)51-37-21-32(58-3)16-17-34(37)39/h4-5,9-11,13-14,16-21,23,26,28,33,35,38,50H,1-2,6-8,12,15,22,24-25H2,3H3,(H,52,55)(H,49,54,57)/t28-,33-,35+,38+,43-/m1/s1. The van der Waals surface area contributed by atoms with Gasteiger partial charge in [-0.3, -0.25) is 24.5 Å². The molecule has 5 atom stereocenters. The molecule has 1 aromatic heterocycles. The van der Waals surface area contributed by atoms with Crippen LogP contribution in [0.25, 0.3) is 22.2 Å². The summed E-state index contributed by atoms with van der Waals surface area (Å²) in [6.45, 7) is 7.33. The number of amides is 4. The average Bonchev–Trinajstić information content (AvgIpc) is 3.78. The Kier molecular flexibility index (Phi) is 13.0. The third-order valence-electron chi connectivity index (χ3n) is 10.7. The van der Waals surface area contributed by atoms with E-state index in [2.05, 4.69) is 29.1 Å². The molecular formula is C44H45F4N5O6. The molecule has 310 valence electrons. The monoisotopic (exact) mass is 815 g/mol. The van der Waals surface area contributed by atoms with Gasteiger partial charge in [0.1, 0.15) is 41.0 Å². The predicted molar refractivity (Wildman–Crippen MR) is 214 cm³/mol. The lowest BCUT2D eigenvalue weighted by Gasteiger charge is -2.30. The van der Waals surface area contributed by atoms with Gasteiger partial charge < -0.3 is 25.0 Å². The number of pyridine rings is 1. The number of nitrogens with one attached hydrogen (secondary N) is 3. The van der Waals surface area contributed by atoms with Gasteiger partial charge in [0, 0.05) is 41.1 Å². The highest BCUT2D eigenvalue weighted by Crippen LogP contribution is 2.45. The molecule has 4 aromatic rings. The maximum Gasteiger partial charge on any atom is 0.416 e. The normalized spacial score (nSPS) is 20.3. The van der Waals surface area contributed by atoms with Gasteiger partial charge in [0.15, 0.2) is 0 Å². The summed E-state index contributed by atoms with van der Waals surface area (Å²) in [7, 11) is 1.54. The summed E-state index contributed by atoms with van der Waals surface area (Å²) in [5.74, 6) is -2.78. The highest BCUT2D eigenvalue weighted by Gasteiger charge is 2.60. The van der Waals surface area contributed by atoms with Crippen LogP contribution in [0.3, 0.4) is 0 Å². The molecule has 1 saturated carbocycles. The molecule has 11 nitrogen and oxygen atoms in total. The average molecular weight is 816 g/mol. The molecule has 15 heteroatoms. The van der Waals surface area contributed by atoms with E-state index in [-0.39, 0.29) is 37.9 Å². The SMILES string of the molecule is C=CCCCCC[C@H](Nc1cc(F)cc(C(F)(F)F)c1)C(=O)N1C[C@H](Oc2cc(-c3ccccc3)nc3cc(OC)ccc23)C[C@H]1C(=O)N[C@]1(C(=O)NC=O)C[C@H]1C=C. The van der Waals surface area contributed by atoms with E-state index < -0.39 is 64.9 Å². The number of imide groups is 1. The molecule has 0 unspecified atom stereocenters. The number of ether oxygens (including phenoxy) is 2. The van der Waals surface area contributed by atoms with Gasteiger partial charge in [0.05, 0.1) is 30.4 Å². The van der Waals surface area contributed by atoms with Gasteiger partial charge >= 0.3 is 6.18 Å². The Labute approximate surface area is 338 Å². The second-order valence-electron chi connectivity index (χ2n) is 14.7. The number of alkyl halides is 3. The van der Waals surface area contributed by atoms with Gasteiger partial charge in [0.25, 0.3) is 5.91 Å². The molecule has 4 amide bonds. The maximum absolute atomic E-state index is 14.7. The Balaban J connectivity index is 1.36. The zero-order valence-corrected chi connectivity index (χ0v) is 32.4. The van der Waals surface area contributed by atoms with Crippen LogP contribution in [-0.4, -0.2) is 71.4 Å². The van der Waals surface area contributed by atoms with E-state index in [9.17, 15) is 36.7 Å². The zero-order chi connectivity index (χ0) is 42.3. The molecule has 1 aliphatic heterocycles. The van der Waals surface area contributed by atoms with E-state index in [1.54, 1.807) is 30.3 Å². The quantitative estimate of drug-likeness (QED) is 0.0410. The van der Waals surface area contributed by atoms with Crippen LogP contribution in [0.5, 0.6) is 11.5 Å². The number of allylic oxidation sites excluding steroid dienone is 1. The van der Waals surface area contributed by atoms with Crippen molar-refractivity contribution in [3.05, 3.63) is 109 Å². The first-order chi connectivity index (χ1) is 28.3. The number of hydrogen-bond acceptors (Lipinski definition) is 8. The Bertz CT molecular complexity index is 2220. The lowest BCUT2D eigenvalue weighted by atomic mass is 10.0. The van der Waals surface area contributed by atoms with Crippen LogP contribution in [0.2, 0.25) is 0 Å². The largest absolute Gasteiger partial charge is 0.497 e. The fourth-order valence-corrected chi connectivity index (χ4v) is 7.54. The van der Waals surface area contributed by atoms with Crippen molar-refractivity contribution in [3.63, 3.8) is 0 Å². The highest BCUT2D eigenvalue weighted by molar-refractivity contribution is 6.01. The lowest BCUT2D eigenvalue weighted by Crippen LogP contribution is -2.56. The molecular weight excluding hydrogens is 771 g/mol. The van der Waals surface area contributed by atoms with Gasteiger partial charge in [-0.2, -0.15) is 13.2 Å². The predicted octanol–water partition coefficient (Wildman–Crippen LogP) is 7.37. The first-order valence-corrected chi connectivity index (χ1v) is 19.3. The molecule has 0 bridgehead atoms. The highest BCUT2D eigenvalue weighted by atomic mass is 19.4. The van der Waals surface area contributed by atoms with Gasteiger partial charge in [-0.25, -0.2) is 9.37 Å². The first kappa shape index (κ1) is 42.4. The molecule has 0 radical (unpaired) electrons. The van der Waals surface area contributed by atoms with Gasteiger partial charge in [0.2, 0.25) is 18.2 Å². The molecule has 2 heterocycles. The van der Waals surface area contributed by atoms with E-state index in [4.69, 9.17) is 14.5 Å². The van der Waals surface area contributed by atoms with Crippen molar-refractivity contribution < 1.29 is 46.2 Å². The second-order valence-corrected chi connectivity index (χ2v) is 14.7. The van der Waals surface area contributed by atoms with Gasteiger partial charge in [-0.05, 0) is 56.0 Å². The minimum absolute atomic E-state index is 0.0490. The molecule has 3 N–H and O–H groups in total. The molecule has 6 rings (SSSR count). The number of methoxy groups -OCH3 is 1. The number of halogens is 4. The fourth-order valence-electron chi connectivity index (χ4n) is 7.54. The topological polar surface area (TPSA) is 139 Å². The number of unbranched alkanes of at least 4 members (excludes halogenated alkanes) is 3. The number of fused-ring (bicyclic) bond motifs is 1. The molecule has 0 spiro atoms. The van der Waals surface area contributed by atoms with Crippen molar-refractivity contribution in [2.45, 2.75) is 74.8 Å². The van der Waals surface area contributed by atoms with Gasteiger partial charge in [-0.15, -0.1) is 13.2 Å². The summed E-state index contributed by atoms with van der Waals surface area (Å²) in [6.07, 6.45) is 0.623. The Morgan fingerprint density at radius 1 is 1.03 bits per heavy atom. The van der Waals surface area contributed by atoms with Crippen LogP contribution in [0.4, 0.5) is 23.2 Å². The Morgan fingerprint density at radius 2 is 1.81 bits per heavy atom. The summed E-state index contributed by atoms with van der Waals surface area (Å²) in [6, 6.07) is 16.0. The molecule has 3 aromatic carbocycles. The minimum atomic E-state index is -4.85. The zero-order valence-electron chi connectivity index (χ0n) is 32.4. The number of likely N-dealkylation sites (tertiary alicyclic amines) is 1. The molecule has 1 aliphatic carbocycles. The summed E-state index contributed by atoms with van der Waals surface area (Å²) >= 11 is 0. The van der Waals surface area contributed by atoms with Crippen molar-refractivity contribution in [2.75, 3.05) is 19.0 Å². The number of aromatic nitrogens is 1. The van der Waals surface area contributed by atoms with Crippen LogP contribution >= 0.6 is 0 Å². The molecule has 2 fully saturated rings. The number of rotatable bonds is 18. The van der Waals surface area contributed by atoms with Crippen LogP contribution in [0.1, 0.15) is 50.5 Å². The Hall–Kier alpha value is -6.25. The number of hydrogen-bond donors (Lipinski definition) is 3. The smallest absolute Gasteiger partial charge is 0.416 e. The summed E-state index contributed by atoms with van der Waals surface area (Å²) in [5, 5.41) is 8.33. The number of anilines is 1. The summed E-state index contributed by atoms with van der Waals surface area (Å²) in [5.41, 5.74) is -1.04. The van der Waals surface area contributed by atoms with Gasteiger partial charge in [-0.1, -0.05) is 55.3 Å². The number of carbonyl (C=O) groups excluding carboxylic acids is 4. The molecule has 1 saturated heterocycles. The molecule has 2 aliphatic rings. The second kappa shape index (κ2) is 18.1. The number of nitrogens with zero attached hydrogens (tertiary/aromatic N) is 2. The summed E-state index contributed by atoms with van der Waals surface area (Å²) < 4.78 is 67.9. The van der Waals surface area contributed by atoms with Crippen LogP contribution in [0, 0.1) is 11.7 Å².